The molecule has 2 fully saturated rings. The Labute approximate surface area is 177 Å². The Morgan fingerprint density at radius 1 is 1.17 bits per heavy atom. The first-order valence-corrected chi connectivity index (χ1v) is 10.5. The third-order valence-corrected chi connectivity index (χ3v) is 6.08. The van der Waals surface area contributed by atoms with Crippen LogP contribution in [0.15, 0.2) is 23.0 Å². The number of hydrogen-bond acceptors (Lipinski definition) is 4. The highest BCUT2D eigenvalue weighted by molar-refractivity contribution is 5.97. The fourth-order valence-electron chi connectivity index (χ4n) is 4.53. The van der Waals surface area contributed by atoms with E-state index in [1.54, 1.807) is 0 Å². The van der Waals surface area contributed by atoms with Crippen molar-refractivity contribution in [1.29, 1.82) is 0 Å². The number of aromatic amines is 1. The molecular weight excluding hydrogens is 392 g/mol. The Kier molecular flexibility index (Phi) is 7.38. The number of amides is 1. The zero-order chi connectivity index (χ0) is 19.5. The summed E-state index contributed by atoms with van der Waals surface area (Å²) >= 11 is 0. The molecule has 1 saturated carbocycles. The summed E-state index contributed by atoms with van der Waals surface area (Å²) in [5, 5.41) is 0. The van der Waals surface area contributed by atoms with Crippen molar-refractivity contribution in [2.45, 2.75) is 57.1 Å². The Morgan fingerprint density at radius 3 is 2.59 bits per heavy atom. The molecule has 160 valence electrons. The van der Waals surface area contributed by atoms with Gasteiger partial charge in [0.25, 0.3) is 5.91 Å². The number of H-pyrrole nitrogens is 1. The number of rotatable bonds is 6. The molecule has 1 amide bonds. The molecular formula is C21H31ClN4O3. The molecule has 7 nitrogen and oxygen atoms in total. The first-order valence-electron chi connectivity index (χ1n) is 10.5. The van der Waals surface area contributed by atoms with E-state index in [1.807, 2.05) is 27.7 Å². The van der Waals surface area contributed by atoms with Gasteiger partial charge in [-0.25, -0.2) is 4.79 Å². The normalized spacial score (nSPS) is 18.3. The average molecular weight is 423 g/mol. The van der Waals surface area contributed by atoms with Gasteiger partial charge in [0.15, 0.2) is 0 Å². The van der Waals surface area contributed by atoms with E-state index >= 15 is 0 Å². The number of carbonyl (C=O) groups excluding carboxylic acids is 1. The zero-order valence-corrected chi connectivity index (χ0v) is 17.6. The fraction of sp³-hybridized carbons (Fsp3) is 0.619. The molecule has 1 aliphatic carbocycles. The molecule has 2 heterocycles. The van der Waals surface area contributed by atoms with E-state index in [0.29, 0.717) is 31.8 Å². The summed E-state index contributed by atoms with van der Waals surface area (Å²) in [6.07, 6.45) is 7.25. The summed E-state index contributed by atoms with van der Waals surface area (Å²) < 4.78 is 7.69. The number of nitrogens with one attached hydrogen (secondary N) is 1. The van der Waals surface area contributed by atoms with Crippen molar-refractivity contribution in [3.8, 4) is 0 Å². The number of carbonyl (C=O) groups is 1. The number of fused-ring (bicyclic) bond motifs is 1. The maximum atomic E-state index is 12.9. The lowest BCUT2D eigenvalue weighted by molar-refractivity contribution is 0.00845. The van der Waals surface area contributed by atoms with Gasteiger partial charge >= 0.3 is 5.69 Å². The van der Waals surface area contributed by atoms with Crippen LogP contribution in [0.4, 0.5) is 0 Å². The molecule has 8 heteroatoms. The van der Waals surface area contributed by atoms with Gasteiger partial charge in [-0.05, 0) is 56.8 Å². The van der Waals surface area contributed by atoms with Crippen molar-refractivity contribution in [2.24, 2.45) is 5.73 Å². The van der Waals surface area contributed by atoms with Gasteiger partial charge in [0, 0.05) is 31.3 Å². The van der Waals surface area contributed by atoms with Crippen LogP contribution in [0.1, 0.15) is 61.3 Å². The van der Waals surface area contributed by atoms with E-state index in [-0.39, 0.29) is 36.1 Å². The molecule has 1 aromatic carbocycles. The lowest BCUT2D eigenvalue weighted by Crippen LogP contribution is -2.41. The third-order valence-electron chi connectivity index (χ3n) is 6.08. The lowest BCUT2D eigenvalue weighted by atomic mass is 10.1. The number of halogens is 1. The molecule has 1 aromatic heterocycles. The lowest BCUT2D eigenvalue weighted by Gasteiger charge is -2.32. The highest BCUT2D eigenvalue weighted by atomic mass is 35.5. The van der Waals surface area contributed by atoms with E-state index < -0.39 is 0 Å². The quantitative estimate of drug-likeness (QED) is 0.700. The van der Waals surface area contributed by atoms with E-state index in [2.05, 4.69) is 4.98 Å². The Hall–Kier alpha value is -1.83. The summed E-state index contributed by atoms with van der Waals surface area (Å²) in [5.74, 6) is 0.0248. The van der Waals surface area contributed by atoms with Crippen LogP contribution in [0.3, 0.4) is 0 Å². The summed E-state index contributed by atoms with van der Waals surface area (Å²) in [5.41, 5.74) is 7.72. The molecule has 3 N–H and O–H groups in total. The van der Waals surface area contributed by atoms with Crippen molar-refractivity contribution < 1.29 is 9.53 Å². The van der Waals surface area contributed by atoms with Crippen LogP contribution in [0, 0.1) is 0 Å². The predicted octanol–water partition coefficient (Wildman–Crippen LogP) is 2.84. The van der Waals surface area contributed by atoms with Crippen molar-refractivity contribution in [3.63, 3.8) is 0 Å². The van der Waals surface area contributed by atoms with Crippen LogP contribution in [0.5, 0.6) is 0 Å². The second-order valence-electron chi connectivity index (χ2n) is 7.97. The highest BCUT2D eigenvalue weighted by Crippen LogP contribution is 2.31. The molecule has 1 saturated heterocycles. The summed E-state index contributed by atoms with van der Waals surface area (Å²) in [6.45, 7) is 2.73. The average Bonchev–Trinajstić information content (AvgIpc) is 3.34. The number of likely N-dealkylation sites (tertiary alicyclic amines) is 1. The minimum Gasteiger partial charge on any atom is -0.378 e. The Balaban J connectivity index is 0.00000240. The van der Waals surface area contributed by atoms with Gasteiger partial charge in [-0.2, -0.15) is 0 Å². The number of nitrogens with two attached hydrogens (primary N) is 1. The monoisotopic (exact) mass is 422 g/mol. The number of imidazole rings is 1. The number of aromatic nitrogens is 2. The van der Waals surface area contributed by atoms with Gasteiger partial charge in [-0.15, -0.1) is 12.4 Å². The van der Waals surface area contributed by atoms with Crippen LogP contribution in [-0.2, 0) is 4.74 Å². The maximum absolute atomic E-state index is 12.9. The van der Waals surface area contributed by atoms with Crippen molar-refractivity contribution in [3.05, 3.63) is 34.2 Å². The van der Waals surface area contributed by atoms with E-state index in [1.165, 1.54) is 12.8 Å². The summed E-state index contributed by atoms with van der Waals surface area (Å²) in [6, 6.07) is 5.88. The number of benzene rings is 1. The van der Waals surface area contributed by atoms with E-state index in [4.69, 9.17) is 10.5 Å². The third kappa shape index (κ3) is 4.68. The Bertz CT molecular complexity index is 880. The molecule has 2 aliphatic rings. The van der Waals surface area contributed by atoms with Crippen LogP contribution in [0.25, 0.3) is 11.0 Å². The van der Waals surface area contributed by atoms with Crippen molar-refractivity contribution in [1.82, 2.24) is 14.5 Å². The highest BCUT2D eigenvalue weighted by Gasteiger charge is 2.25. The van der Waals surface area contributed by atoms with Crippen LogP contribution < -0.4 is 11.4 Å². The zero-order valence-electron chi connectivity index (χ0n) is 16.8. The fourth-order valence-corrected chi connectivity index (χ4v) is 4.53. The minimum atomic E-state index is -0.0676. The molecule has 2 aromatic rings. The van der Waals surface area contributed by atoms with Crippen LogP contribution >= 0.6 is 12.4 Å². The van der Waals surface area contributed by atoms with Crippen LogP contribution in [0.2, 0.25) is 0 Å². The second-order valence-corrected chi connectivity index (χ2v) is 7.97. The SMILES string of the molecule is Cl.NCCCOC1CCN(C(=O)c2ccc3c(c2)[nH]c(=O)n3C2CCCC2)CC1. The molecule has 0 bridgehead atoms. The van der Waals surface area contributed by atoms with Gasteiger partial charge < -0.3 is 20.4 Å². The van der Waals surface area contributed by atoms with Gasteiger partial charge in [0.1, 0.15) is 0 Å². The molecule has 1 aliphatic heterocycles. The second kappa shape index (κ2) is 9.78. The van der Waals surface area contributed by atoms with E-state index in [0.717, 1.165) is 43.1 Å². The van der Waals surface area contributed by atoms with Gasteiger partial charge in [0.05, 0.1) is 17.1 Å². The van der Waals surface area contributed by atoms with Crippen molar-refractivity contribution >= 4 is 29.3 Å². The first kappa shape index (κ1) is 21.9. The molecule has 4 rings (SSSR count). The first-order chi connectivity index (χ1) is 13.7. The number of ether oxygens (including phenoxy) is 1. The number of hydrogen-bond donors (Lipinski definition) is 2. The van der Waals surface area contributed by atoms with Crippen molar-refractivity contribution in [2.75, 3.05) is 26.2 Å². The Morgan fingerprint density at radius 2 is 1.90 bits per heavy atom. The molecule has 0 radical (unpaired) electrons. The number of piperidine rings is 1. The van der Waals surface area contributed by atoms with Gasteiger partial charge in [-0.3, -0.25) is 9.36 Å². The molecule has 0 spiro atoms. The summed E-state index contributed by atoms with van der Waals surface area (Å²) in [7, 11) is 0. The maximum Gasteiger partial charge on any atom is 0.326 e. The summed E-state index contributed by atoms with van der Waals surface area (Å²) in [4.78, 5) is 30.2. The standard InChI is InChI=1S/C21H30N4O3.ClH/c22-10-3-13-28-17-8-11-24(12-9-17)20(26)15-6-7-19-18(14-15)23-21(27)25(19)16-4-1-2-5-16;/h6-7,14,16-17H,1-5,8-13,22H2,(H,23,27);1H. The molecule has 0 atom stereocenters. The van der Waals surface area contributed by atoms with Crippen LogP contribution in [-0.4, -0.2) is 52.7 Å². The molecule has 0 unspecified atom stereocenters. The minimum absolute atomic E-state index is 0. The predicted molar refractivity (Wildman–Crippen MR) is 116 cm³/mol. The molecule has 29 heavy (non-hydrogen) atoms. The van der Waals surface area contributed by atoms with Gasteiger partial charge in [0.2, 0.25) is 0 Å². The number of nitrogens with zero attached hydrogens (tertiary/aromatic N) is 2. The smallest absolute Gasteiger partial charge is 0.326 e. The van der Waals surface area contributed by atoms with E-state index in [9.17, 15) is 9.59 Å². The van der Waals surface area contributed by atoms with Gasteiger partial charge in [-0.1, -0.05) is 12.8 Å². The topological polar surface area (TPSA) is 93.3 Å². The largest absolute Gasteiger partial charge is 0.378 e.